The van der Waals surface area contributed by atoms with Gasteiger partial charge < -0.3 is 10.6 Å². The number of aryl methyl sites for hydroxylation is 1. The summed E-state index contributed by atoms with van der Waals surface area (Å²) < 4.78 is 0. The number of amides is 1. The minimum atomic E-state index is -0.156. The van der Waals surface area contributed by atoms with E-state index in [1.807, 2.05) is 26.0 Å². The minimum Gasteiger partial charge on any atom is -0.358 e. The maximum absolute atomic E-state index is 11.5. The smallest absolute Gasteiger partial charge is 0.237 e. The van der Waals surface area contributed by atoms with Crippen LogP contribution in [-0.2, 0) is 11.2 Å². The lowest BCUT2D eigenvalue weighted by Gasteiger charge is -2.14. The van der Waals surface area contributed by atoms with Gasteiger partial charge in [0, 0.05) is 7.05 Å². The molecule has 17 heavy (non-hydrogen) atoms. The molecule has 0 aliphatic carbocycles. The standard InChI is InChI=1S/C12H18N2O.C2H6/c1-9-5-4-6-10(7-9)8-11(13-2)12(15)14-3;1-2/h4-7,11,13H,8H2,1-3H3,(H,14,15);1-2H3. The van der Waals surface area contributed by atoms with Crippen LogP contribution < -0.4 is 10.6 Å². The monoisotopic (exact) mass is 236 g/mol. The number of likely N-dealkylation sites (N-methyl/N-ethyl adjacent to an activating group) is 2. The van der Waals surface area contributed by atoms with Crippen LogP contribution in [0.25, 0.3) is 0 Å². The summed E-state index contributed by atoms with van der Waals surface area (Å²) in [5, 5.41) is 5.66. The van der Waals surface area contributed by atoms with Crippen molar-refractivity contribution in [3.63, 3.8) is 0 Å². The minimum absolute atomic E-state index is 0.0269. The van der Waals surface area contributed by atoms with Crippen LogP contribution in [0.3, 0.4) is 0 Å². The summed E-state index contributed by atoms with van der Waals surface area (Å²) in [5.74, 6) is 0.0269. The molecular formula is C14H24N2O. The van der Waals surface area contributed by atoms with Crippen molar-refractivity contribution in [1.29, 1.82) is 0 Å². The van der Waals surface area contributed by atoms with E-state index >= 15 is 0 Å². The van der Waals surface area contributed by atoms with Crippen LogP contribution >= 0.6 is 0 Å². The highest BCUT2D eigenvalue weighted by atomic mass is 16.2. The Morgan fingerprint density at radius 2 is 1.94 bits per heavy atom. The molecule has 0 fully saturated rings. The average molecular weight is 236 g/mol. The van der Waals surface area contributed by atoms with Crippen LogP contribution in [0.5, 0.6) is 0 Å². The van der Waals surface area contributed by atoms with E-state index in [1.54, 1.807) is 14.1 Å². The fourth-order valence-corrected chi connectivity index (χ4v) is 1.57. The second-order valence-electron chi connectivity index (χ2n) is 3.65. The van der Waals surface area contributed by atoms with Crippen molar-refractivity contribution in [3.05, 3.63) is 35.4 Å². The lowest BCUT2D eigenvalue weighted by Crippen LogP contribution is -2.42. The number of carbonyl (C=O) groups is 1. The molecule has 0 aromatic heterocycles. The third-order valence-electron chi connectivity index (χ3n) is 2.43. The van der Waals surface area contributed by atoms with Crippen molar-refractivity contribution >= 4 is 5.91 Å². The molecule has 0 aliphatic heterocycles. The molecule has 0 saturated heterocycles. The van der Waals surface area contributed by atoms with Gasteiger partial charge in [0.2, 0.25) is 5.91 Å². The van der Waals surface area contributed by atoms with Crippen LogP contribution in [0.1, 0.15) is 25.0 Å². The van der Waals surface area contributed by atoms with Gasteiger partial charge in [0.25, 0.3) is 0 Å². The predicted octanol–water partition coefficient (Wildman–Crippen LogP) is 1.90. The first-order valence-corrected chi connectivity index (χ1v) is 6.11. The molecule has 1 aromatic carbocycles. The Bertz CT molecular complexity index is 337. The molecule has 1 atom stereocenters. The average Bonchev–Trinajstić information content (AvgIpc) is 2.37. The number of benzene rings is 1. The Hall–Kier alpha value is -1.35. The van der Waals surface area contributed by atoms with E-state index in [4.69, 9.17) is 0 Å². The van der Waals surface area contributed by atoms with E-state index in [2.05, 4.69) is 29.7 Å². The van der Waals surface area contributed by atoms with Gasteiger partial charge in [-0.2, -0.15) is 0 Å². The summed E-state index contributed by atoms with van der Waals surface area (Å²) in [6, 6.07) is 8.06. The maximum Gasteiger partial charge on any atom is 0.237 e. The van der Waals surface area contributed by atoms with E-state index in [0.717, 1.165) is 6.42 Å². The third kappa shape index (κ3) is 5.50. The first-order chi connectivity index (χ1) is 8.17. The Kier molecular flexibility index (Phi) is 8.07. The zero-order valence-electron chi connectivity index (χ0n) is 11.5. The summed E-state index contributed by atoms with van der Waals surface area (Å²) >= 11 is 0. The zero-order valence-corrected chi connectivity index (χ0v) is 11.5. The second kappa shape index (κ2) is 8.76. The van der Waals surface area contributed by atoms with E-state index in [1.165, 1.54) is 11.1 Å². The summed E-state index contributed by atoms with van der Waals surface area (Å²) in [6.45, 7) is 6.05. The fourth-order valence-electron chi connectivity index (χ4n) is 1.57. The van der Waals surface area contributed by atoms with Gasteiger partial charge in [0.15, 0.2) is 0 Å². The quantitative estimate of drug-likeness (QED) is 0.838. The highest BCUT2D eigenvalue weighted by Crippen LogP contribution is 2.06. The molecule has 0 aliphatic rings. The van der Waals surface area contributed by atoms with Crippen LogP contribution in [0, 0.1) is 6.92 Å². The number of rotatable bonds is 4. The zero-order chi connectivity index (χ0) is 13.3. The van der Waals surface area contributed by atoms with Gasteiger partial charge in [-0.15, -0.1) is 0 Å². The second-order valence-corrected chi connectivity index (χ2v) is 3.65. The van der Waals surface area contributed by atoms with Crippen molar-refractivity contribution in [2.24, 2.45) is 0 Å². The van der Waals surface area contributed by atoms with Gasteiger partial charge in [0.05, 0.1) is 6.04 Å². The molecule has 0 heterocycles. The molecule has 0 saturated carbocycles. The normalized spacial score (nSPS) is 11.1. The third-order valence-corrected chi connectivity index (χ3v) is 2.43. The first kappa shape index (κ1) is 15.7. The van der Waals surface area contributed by atoms with Gasteiger partial charge in [-0.1, -0.05) is 43.7 Å². The molecule has 2 N–H and O–H groups in total. The number of hydrogen-bond acceptors (Lipinski definition) is 2. The Balaban J connectivity index is 0.00000121. The fraction of sp³-hybridized carbons (Fsp3) is 0.500. The molecule has 1 aromatic rings. The molecule has 1 unspecified atom stereocenters. The Morgan fingerprint density at radius 3 is 2.41 bits per heavy atom. The van der Waals surface area contributed by atoms with Gasteiger partial charge in [0.1, 0.15) is 0 Å². The van der Waals surface area contributed by atoms with E-state index in [9.17, 15) is 4.79 Å². The molecule has 0 spiro atoms. The highest BCUT2D eigenvalue weighted by Gasteiger charge is 2.14. The molecule has 0 radical (unpaired) electrons. The molecule has 1 amide bonds. The Labute approximate surface area is 105 Å². The van der Waals surface area contributed by atoms with E-state index in [0.29, 0.717) is 0 Å². The SMILES string of the molecule is CC.CNC(=O)C(Cc1cccc(C)c1)NC. The molecule has 3 nitrogen and oxygen atoms in total. The van der Waals surface area contributed by atoms with Gasteiger partial charge >= 0.3 is 0 Å². The summed E-state index contributed by atoms with van der Waals surface area (Å²) in [5.41, 5.74) is 2.40. The van der Waals surface area contributed by atoms with Crippen LogP contribution in [0.4, 0.5) is 0 Å². The van der Waals surface area contributed by atoms with Crippen molar-refractivity contribution in [2.45, 2.75) is 33.2 Å². The van der Waals surface area contributed by atoms with Gasteiger partial charge in [-0.05, 0) is 26.0 Å². The number of hydrogen-bond donors (Lipinski definition) is 2. The maximum atomic E-state index is 11.5. The lowest BCUT2D eigenvalue weighted by molar-refractivity contribution is -0.122. The van der Waals surface area contributed by atoms with Crippen molar-refractivity contribution in [1.82, 2.24) is 10.6 Å². The molecule has 96 valence electrons. The van der Waals surface area contributed by atoms with Crippen molar-refractivity contribution in [2.75, 3.05) is 14.1 Å². The summed E-state index contributed by atoms with van der Waals surface area (Å²) in [4.78, 5) is 11.5. The Morgan fingerprint density at radius 1 is 1.29 bits per heavy atom. The first-order valence-electron chi connectivity index (χ1n) is 6.11. The predicted molar refractivity (Wildman–Crippen MR) is 73.1 cm³/mol. The lowest BCUT2D eigenvalue weighted by atomic mass is 10.0. The van der Waals surface area contributed by atoms with Crippen molar-refractivity contribution < 1.29 is 4.79 Å². The molecule has 3 heteroatoms. The van der Waals surface area contributed by atoms with Gasteiger partial charge in [-0.25, -0.2) is 0 Å². The van der Waals surface area contributed by atoms with Crippen molar-refractivity contribution in [3.8, 4) is 0 Å². The largest absolute Gasteiger partial charge is 0.358 e. The van der Waals surface area contributed by atoms with E-state index < -0.39 is 0 Å². The van der Waals surface area contributed by atoms with Crippen LogP contribution in [-0.4, -0.2) is 26.0 Å². The number of carbonyl (C=O) groups excluding carboxylic acids is 1. The number of nitrogens with one attached hydrogen (secondary N) is 2. The summed E-state index contributed by atoms with van der Waals surface area (Å²) in [6.07, 6.45) is 0.720. The summed E-state index contributed by atoms with van der Waals surface area (Å²) in [7, 11) is 3.46. The molecular weight excluding hydrogens is 212 g/mol. The van der Waals surface area contributed by atoms with Crippen LogP contribution in [0.2, 0.25) is 0 Å². The van der Waals surface area contributed by atoms with E-state index in [-0.39, 0.29) is 11.9 Å². The van der Waals surface area contributed by atoms with Gasteiger partial charge in [-0.3, -0.25) is 4.79 Å². The highest BCUT2D eigenvalue weighted by molar-refractivity contribution is 5.81. The molecule has 1 rings (SSSR count). The van der Waals surface area contributed by atoms with Crippen LogP contribution in [0.15, 0.2) is 24.3 Å². The topological polar surface area (TPSA) is 41.1 Å². The molecule has 0 bridgehead atoms.